The molecule has 1 aromatic heterocycles. The molecule has 0 aliphatic carbocycles. The Bertz CT molecular complexity index is 659. The number of amides is 1. The molecule has 0 unspecified atom stereocenters. The van der Waals surface area contributed by atoms with Crippen molar-refractivity contribution < 1.29 is 9.53 Å². The van der Waals surface area contributed by atoms with Crippen molar-refractivity contribution in [2.75, 3.05) is 27.2 Å². The number of carbonyl (C=O) groups excluding carboxylic acids is 1. The largest absolute Gasteiger partial charge is 0.497 e. The number of hydrogen-bond acceptors (Lipinski definition) is 4. The van der Waals surface area contributed by atoms with Gasteiger partial charge in [-0.1, -0.05) is 0 Å². The predicted molar refractivity (Wildman–Crippen MR) is 88.1 cm³/mol. The third-order valence-electron chi connectivity index (χ3n) is 4.32. The molecule has 1 aliphatic heterocycles. The summed E-state index contributed by atoms with van der Waals surface area (Å²) in [6.07, 6.45) is 3.79. The van der Waals surface area contributed by atoms with E-state index < -0.39 is 0 Å². The van der Waals surface area contributed by atoms with Crippen LogP contribution in [0.5, 0.6) is 5.75 Å². The summed E-state index contributed by atoms with van der Waals surface area (Å²) in [7, 11) is 3.50. The fourth-order valence-electron chi connectivity index (χ4n) is 2.86. The van der Waals surface area contributed by atoms with Crippen LogP contribution in [-0.4, -0.2) is 53.9 Å². The Morgan fingerprint density at radius 2 is 1.96 bits per heavy atom. The Labute approximate surface area is 136 Å². The average molecular weight is 314 g/mol. The van der Waals surface area contributed by atoms with Gasteiger partial charge in [0.25, 0.3) is 5.91 Å². The van der Waals surface area contributed by atoms with E-state index in [1.807, 2.05) is 42.4 Å². The first-order valence-corrected chi connectivity index (χ1v) is 7.87. The topological polar surface area (TPSA) is 59.4 Å². The molecule has 122 valence electrons. The van der Waals surface area contributed by atoms with Crippen LogP contribution in [0.4, 0.5) is 0 Å². The van der Waals surface area contributed by atoms with Crippen LogP contribution in [0, 0.1) is 0 Å². The zero-order chi connectivity index (χ0) is 16.2. The van der Waals surface area contributed by atoms with E-state index in [-0.39, 0.29) is 11.9 Å². The molecular weight excluding hydrogens is 292 g/mol. The summed E-state index contributed by atoms with van der Waals surface area (Å²) in [6, 6.07) is 9.63. The van der Waals surface area contributed by atoms with Crippen molar-refractivity contribution in [2.24, 2.45) is 0 Å². The normalized spacial score (nSPS) is 15.4. The van der Waals surface area contributed by atoms with Crippen LogP contribution in [0.3, 0.4) is 0 Å². The van der Waals surface area contributed by atoms with Gasteiger partial charge in [-0.2, -0.15) is 5.10 Å². The molecule has 2 heterocycles. The molecular formula is C17H22N4O2. The summed E-state index contributed by atoms with van der Waals surface area (Å²) in [4.78, 5) is 14.4. The van der Waals surface area contributed by atoms with Gasteiger partial charge in [0, 0.05) is 19.3 Å². The highest BCUT2D eigenvalue weighted by Crippen LogP contribution is 2.16. The van der Waals surface area contributed by atoms with E-state index in [2.05, 4.69) is 10.4 Å². The van der Waals surface area contributed by atoms with E-state index in [0.29, 0.717) is 5.69 Å². The molecule has 6 heteroatoms. The van der Waals surface area contributed by atoms with Gasteiger partial charge in [0.05, 0.1) is 12.8 Å². The van der Waals surface area contributed by atoms with Crippen LogP contribution >= 0.6 is 0 Å². The van der Waals surface area contributed by atoms with Crippen molar-refractivity contribution in [2.45, 2.75) is 18.9 Å². The number of piperidine rings is 1. The van der Waals surface area contributed by atoms with E-state index in [4.69, 9.17) is 4.74 Å². The van der Waals surface area contributed by atoms with Crippen LogP contribution in [-0.2, 0) is 0 Å². The van der Waals surface area contributed by atoms with Crippen LogP contribution in [0.1, 0.15) is 23.3 Å². The predicted octanol–water partition coefficient (Wildman–Crippen LogP) is 1.70. The highest BCUT2D eigenvalue weighted by molar-refractivity contribution is 5.92. The van der Waals surface area contributed by atoms with E-state index in [9.17, 15) is 4.79 Å². The number of ether oxygens (including phenoxy) is 1. The molecule has 1 saturated heterocycles. The molecule has 1 aliphatic rings. The molecule has 6 nitrogen and oxygen atoms in total. The quantitative estimate of drug-likeness (QED) is 0.933. The monoisotopic (exact) mass is 314 g/mol. The number of benzene rings is 1. The Morgan fingerprint density at radius 3 is 2.61 bits per heavy atom. The lowest BCUT2D eigenvalue weighted by atomic mass is 10.1. The SMILES string of the molecule is COc1ccc(-n2ccc(C(=O)N(C)C3CCNCC3)n2)cc1. The molecule has 0 spiro atoms. The zero-order valence-corrected chi connectivity index (χ0v) is 13.5. The second kappa shape index (κ2) is 6.83. The number of carbonyl (C=O) groups is 1. The van der Waals surface area contributed by atoms with Crippen LogP contribution < -0.4 is 10.1 Å². The zero-order valence-electron chi connectivity index (χ0n) is 13.5. The second-order valence-electron chi connectivity index (χ2n) is 5.74. The highest BCUT2D eigenvalue weighted by atomic mass is 16.5. The van der Waals surface area contributed by atoms with Crippen LogP contribution in [0.25, 0.3) is 5.69 Å². The smallest absolute Gasteiger partial charge is 0.274 e. The lowest BCUT2D eigenvalue weighted by Gasteiger charge is -2.31. The summed E-state index contributed by atoms with van der Waals surface area (Å²) in [5, 5.41) is 7.74. The number of hydrogen-bond donors (Lipinski definition) is 1. The van der Waals surface area contributed by atoms with E-state index in [0.717, 1.165) is 37.4 Å². The first-order valence-electron chi connectivity index (χ1n) is 7.87. The van der Waals surface area contributed by atoms with E-state index >= 15 is 0 Å². The van der Waals surface area contributed by atoms with Gasteiger partial charge in [-0.05, 0) is 56.3 Å². The first-order chi connectivity index (χ1) is 11.2. The maximum absolute atomic E-state index is 12.6. The van der Waals surface area contributed by atoms with E-state index in [1.165, 1.54) is 0 Å². The minimum atomic E-state index is -0.0239. The third-order valence-corrected chi connectivity index (χ3v) is 4.32. The van der Waals surface area contributed by atoms with E-state index in [1.54, 1.807) is 17.9 Å². The van der Waals surface area contributed by atoms with Gasteiger partial charge in [0.15, 0.2) is 5.69 Å². The number of methoxy groups -OCH3 is 1. The minimum absolute atomic E-state index is 0.0239. The fourth-order valence-corrected chi connectivity index (χ4v) is 2.86. The number of nitrogens with one attached hydrogen (secondary N) is 1. The highest BCUT2D eigenvalue weighted by Gasteiger charge is 2.24. The van der Waals surface area contributed by atoms with Crippen molar-refractivity contribution in [1.29, 1.82) is 0 Å². The molecule has 1 aromatic carbocycles. The fraction of sp³-hybridized carbons (Fsp3) is 0.412. The number of nitrogens with zero attached hydrogens (tertiary/aromatic N) is 3. The van der Waals surface area contributed by atoms with Gasteiger partial charge >= 0.3 is 0 Å². The third kappa shape index (κ3) is 3.37. The maximum atomic E-state index is 12.6. The first kappa shape index (κ1) is 15.6. The Kier molecular flexibility index (Phi) is 4.62. The average Bonchev–Trinajstić information content (AvgIpc) is 3.11. The van der Waals surface area contributed by atoms with Crippen molar-refractivity contribution in [3.05, 3.63) is 42.2 Å². The van der Waals surface area contributed by atoms with Gasteiger partial charge in [-0.3, -0.25) is 4.79 Å². The molecule has 1 N–H and O–H groups in total. The standard InChI is InChI=1S/C17H22N4O2/c1-20(13-7-10-18-11-8-13)17(22)16-9-12-21(19-16)14-3-5-15(23-2)6-4-14/h3-6,9,12-13,18H,7-8,10-11H2,1-2H3. The summed E-state index contributed by atoms with van der Waals surface area (Å²) in [5.74, 6) is 0.770. The van der Waals surface area contributed by atoms with Crippen molar-refractivity contribution in [1.82, 2.24) is 20.0 Å². The number of aromatic nitrogens is 2. The maximum Gasteiger partial charge on any atom is 0.274 e. The van der Waals surface area contributed by atoms with Crippen LogP contribution in [0.15, 0.2) is 36.5 Å². The van der Waals surface area contributed by atoms with Gasteiger partial charge in [0.1, 0.15) is 5.75 Å². The molecule has 3 rings (SSSR count). The van der Waals surface area contributed by atoms with Gasteiger partial charge in [-0.15, -0.1) is 0 Å². The Hall–Kier alpha value is -2.34. The van der Waals surface area contributed by atoms with Gasteiger partial charge < -0.3 is 15.0 Å². The summed E-state index contributed by atoms with van der Waals surface area (Å²) in [5.41, 5.74) is 1.37. The van der Waals surface area contributed by atoms with Crippen LogP contribution in [0.2, 0.25) is 0 Å². The Balaban J connectivity index is 1.73. The van der Waals surface area contributed by atoms with Gasteiger partial charge in [-0.25, -0.2) is 4.68 Å². The van der Waals surface area contributed by atoms with Crippen molar-refractivity contribution in [3.8, 4) is 11.4 Å². The molecule has 2 aromatic rings. The molecule has 1 fully saturated rings. The summed E-state index contributed by atoms with van der Waals surface area (Å²) < 4.78 is 6.86. The lowest BCUT2D eigenvalue weighted by Crippen LogP contribution is -2.44. The summed E-state index contributed by atoms with van der Waals surface area (Å²) in [6.45, 7) is 1.92. The minimum Gasteiger partial charge on any atom is -0.497 e. The van der Waals surface area contributed by atoms with Crippen molar-refractivity contribution >= 4 is 5.91 Å². The molecule has 23 heavy (non-hydrogen) atoms. The van der Waals surface area contributed by atoms with Gasteiger partial charge in [0.2, 0.25) is 0 Å². The lowest BCUT2D eigenvalue weighted by molar-refractivity contribution is 0.0697. The van der Waals surface area contributed by atoms with Crippen molar-refractivity contribution in [3.63, 3.8) is 0 Å². The second-order valence-corrected chi connectivity index (χ2v) is 5.74. The molecule has 1 amide bonds. The number of rotatable bonds is 4. The molecule has 0 bridgehead atoms. The molecule has 0 saturated carbocycles. The molecule has 0 radical (unpaired) electrons. The molecule has 0 atom stereocenters. The Morgan fingerprint density at radius 1 is 1.26 bits per heavy atom. The summed E-state index contributed by atoms with van der Waals surface area (Å²) >= 11 is 0.